The molecule has 5 nitrogen and oxygen atoms in total. The van der Waals surface area contributed by atoms with E-state index in [-0.39, 0.29) is 12.3 Å². The summed E-state index contributed by atoms with van der Waals surface area (Å²) in [5.74, 6) is -0.654. The first kappa shape index (κ1) is 14.8. The van der Waals surface area contributed by atoms with Crippen molar-refractivity contribution >= 4 is 17.7 Å². The van der Waals surface area contributed by atoms with Gasteiger partial charge in [-0.15, -0.1) is 10.2 Å². The molecule has 102 valence electrons. The van der Waals surface area contributed by atoms with Gasteiger partial charge in [-0.1, -0.05) is 11.8 Å². The van der Waals surface area contributed by atoms with Crippen LogP contribution < -0.4 is 0 Å². The Morgan fingerprint density at radius 3 is 2.67 bits per heavy atom. The standard InChI is InChI=1S/C9H13F3N4OS/c1-3-16(5-9(10,11)12)7(17)4-18-8-14-13-6-15(8)2/h6H,3-5H2,1-2H3. The van der Waals surface area contributed by atoms with Crippen LogP contribution in [0.5, 0.6) is 0 Å². The van der Waals surface area contributed by atoms with Crippen LogP contribution in [-0.2, 0) is 11.8 Å². The van der Waals surface area contributed by atoms with E-state index in [0.717, 1.165) is 16.7 Å². The van der Waals surface area contributed by atoms with Crippen LogP contribution in [0.15, 0.2) is 11.5 Å². The Labute approximate surface area is 106 Å². The number of carbonyl (C=O) groups excluding carboxylic acids is 1. The summed E-state index contributed by atoms with van der Waals surface area (Å²) in [5, 5.41) is 7.83. The fourth-order valence-electron chi connectivity index (χ4n) is 1.21. The van der Waals surface area contributed by atoms with E-state index in [1.807, 2.05) is 0 Å². The third kappa shape index (κ3) is 4.55. The molecule has 1 heterocycles. The molecule has 0 aliphatic heterocycles. The molecule has 9 heteroatoms. The summed E-state index contributed by atoms with van der Waals surface area (Å²) >= 11 is 1.06. The molecule has 0 bridgehead atoms. The maximum atomic E-state index is 12.2. The first-order valence-electron chi connectivity index (χ1n) is 5.14. The molecule has 0 radical (unpaired) electrons. The van der Waals surface area contributed by atoms with Crippen LogP contribution >= 0.6 is 11.8 Å². The Kier molecular flexibility index (Phi) is 5.00. The number of carbonyl (C=O) groups is 1. The molecule has 0 spiro atoms. The van der Waals surface area contributed by atoms with Gasteiger partial charge in [0.1, 0.15) is 12.9 Å². The zero-order chi connectivity index (χ0) is 13.8. The lowest BCUT2D eigenvalue weighted by atomic mass is 10.4. The van der Waals surface area contributed by atoms with Gasteiger partial charge in [0.15, 0.2) is 5.16 Å². The maximum Gasteiger partial charge on any atom is 0.406 e. The van der Waals surface area contributed by atoms with E-state index in [9.17, 15) is 18.0 Å². The molecule has 0 aromatic carbocycles. The van der Waals surface area contributed by atoms with Gasteiger partial charge in [-0.2, -0.15) is 13.2 Å². The van der Waals surface area contributed by atoms with Crippen LogP contribution in [0.1, 0.15) is 6.92 Å². The minimum absolute atomic E-state index is 0.0255. The topological polar surface area (TPSA) is 51.0 Å². The summed E-state index contributed by atoms with van der Waals surface area (Å²) in [5.41, 5.74) is 0. The van der Waals surface area contributed by atoms with Crippen LogP contribution in [0.25, 0.3) is 0 Å². The summed E-state index contributed by atoms with van der Waals surface area (Å²) in [6.45, 7) is 0.316. The highest BCUT2D eigenvalue weighted by Gasteiger charge is 2.32. The molecule has 18 heavy (non-hydrogen) atoms. The molecular weight excluding hydrogens is 269 g/mol. The number of hydrogen-bond acceptors (Lipinski definition) is 4. The lowest BCUT2D eigenvalue weighted by Crippen LogP contribution is -2.39. The molecule has 1 rings (SSSR count). The van der Waals surface area contributed by atoms with Crippen LogP contribution in [0.3, 0.4) is 0 Å². The van der Waals surface area contributed by atoms with Crippen molar-refractivity contribution in [3.05, 3.63) is 6.33 Å². The first-order valence-corrected chi connectivity index (χ1v) is 6.13. The summed E-state index contributed by atoms with van der Waals surface area (Å²) in [6, 6.07) is 0. The highest BCUT2D eigenvalue weighted by atomic mass is 32.2. The Morgan fingerprint density at radius 2 is 2.22 bits per heavy atom. The molecule has 0 aliphatic carbocycles. The highest BCUT2D eigenvalue weighted by molar-refractivity contribution is 7.99. The molecule has 0 N–H and O–H groups in total. The van der Waals surface area contributed by atoms with Gasteiger partial charge >= 0.3 is 6.18 Å². The highest BCUT2D eigenvalue weighted by Crippen LogP contribution is 2.18. The van der Waals surface area contributed by atoms with Crippen LogP contribution in [-0.4, -0.2) is 50.6 Å². The molecule has 1 amide bonds. The number of aryl methyl sites for hydroxylation is 1. The fourth-order valence-corrected chi connectivity index (χ4v) is 2.00. The second-order valence-corrected chi connectivity index (χ2v) is 4.48. The number of nitrogens with zero attached hydrogens (tertiary/aromatic N) is 4. The Morgan fingerprint density at radius 1 is 1.56 bits per heavy atom. The quantitative estimate of drug-likeness (QED) is 0.764. The second-order valence-electron chi connectivity index (χ2n) is 3.54. The van der Waals surface area contributed by atoms with Gasteiger partial charge in [0.25, 0.3) is 0 Å². The van der Waals surface area contributed by atoms with Gasteiger partial charge in [-0.25, -0.2) is 0 Å². The van der Waals surface area contributed by atoms with Crippen molar-refractivity contribution in [1.82, 2.24) is 19.7 Å². The van der Waals surface area contributed by atoms with E-state index < -0.39 is 18.6 Å². The Hall–Kier alpha value is -1.25. The molecule has 1 aromatic rings. The van der Waals surface area contributed by atoms with Gasteiger partial charge < -0.3 is 9.47 Å². The zero-order valence-electron chi connectivity index (χ0n) is 9.94. The van der Waals surface area contributed by atoms with Gasteiger partial charge in [0, 0.05) is 13.6 Å². The van der Waals surface area contributed by atoms with Crippen molar-refractivity contribution in [3.8, 4) is 0 Å². The Balaban J connectivity index is 2.51. The summed E-state index contributed by atoms with van der Waals surface area (Å²) in [6.07, 6.45) is -2.92. The number of thioether (sulfide) groups is 1. The monoisotopic (exact) mass is 282 g/mol. The smallest absolute Gasteiger partial charge is 0.333 e. The molecule has 0 fully saturated rings. The molecule has 0 saturated heterocycles. The van der Waals surface area contributed by atoms with E-state index >= 15 is 0 Å². The largest absolute Gasteiger partial charge is 0.406 e. The fraction of sp³-hybridized carbons (Fsp3) is 0.667. The normalized spacial score (nSPS) is 11.6. The predicted molar refractivity (Wildman–Crippen MR) is 60.0 cm³/mol. The zero-order valence-corrected chi connectivity index (χ0v) is 10.8. The third-order valence-electron chi connectivity index (χ3n) is 2.10. The minimum Gasteiger partial charge on any atom is -0.333 e. The molecule has 0 saturated carbocycles. The molecular formula is C9H13F3N4OS. The number of rotatable bonds is 5. The second kappa shape index (κ2) is 6.07. The van der Waals surface area contributed by atoms with Crippen molar-refractivity contribution in [2.75, 3.05) is 18.8 Å². The maximum absolute atomic E-state index is 12.2. The van der Waals surface area contributed by atoms with Gasteiger partial charge in [0.05, 0.1) is 5.75 Å². The van der Waals surface area contributed by atoms with Crippen molar-refractivity contribution in [2.24, 2.45) is 7.05 Å². The predicted octanol–water partition coefficient (Wildman–Crippen LogP) is 1.32. The average Bonchev–Trinajstić information content (AvgIpc) is 2.67. The summed E-state index contributed by atoms with van der Waals surface area (Å²) < 4.78 is 38.2. The summed E-state index contributed by atoms with van der Waals surface area (Å²) in [4.78, 5) is 12.4. The van der Waals surface area contributed by atoms with Crippen LogP contribution in [0.4, 0.5) is 13.2 Å². The summed E-state index contributed by atoms with van der Waals surface area (Å²) in [7, 11) is 1.69. The van der Waals surface area contributed by atoms with Crippen molar-refractivity contribution in [1.29, 1.82) is 0 Å². The average molecular weight is 282 g/mol. The van der Waals surface area contributed by atoms with Crippen molar-refractivity contribution in [3.63, 3.8) is 0 Å². The van der Waals surface area contributed by atoms with E-state index in [1.165, 1.54) is 13.3 Å². The lowest BCUT2D eigenvalue weighted by Gasteiger charge is -2.21. The number of aromatic nitrogens is 3. The number of alkyl halides is 3. The minimum atomic E-state index is -4.37. The molecule has 0 aliphatic rings. The number of hydrogen-bond donors (Lipinski definition) is 0. The SMILES string of the molecule is CCN(CC(F)(F)F)C(=O)CSc1nncn1C. The first-order chi connectivity index (χ1) is 8.33. The van der Waals surface area contributed by atoms with Crippen molar-refractivity contribution in [2.45, 2.75) is 18.3 Å². The third-order valence-corrected chi connectivity index (χ3v) is 3.12. The van der Waals surface area contributed by atoms with Gasteiger partial charge in [-0.3, -0.25) is 4.79 Å². The van der Waals surface area contributed by atoms with E-state index in [1.54, 1.807) is 11.6 Å². The van der Waals surface area contributed by atoms with Gasteiger partial charge in [-0.05, 0) is 6.92 Å². The lowest BCUT2D eigenvalue weighted by molar-refractivity contribution is -0.159. The van der Waals surface area contributed by atoms with E-state index in [0.29, 0.717) is 5.16 Å². The van der Waals surface area contributed by atoms with Crippen LogP contribution in [0.2, 0.25) is 0 Å². The Bertz CT molecular complexity index is 407. The van der Waals surface area contributed by atoms with E-state index in [2.05, 4.69) is 10.2 Å². The molecule has 0 atom stereocenters. The van der Waals surface area contributed by atoms with Gasteiger partial charge in [0.2, 0.25) is 5.91 Å². The van der Waals surface area contributed by atoms with Crippen molar-refractivity contribution < 1.29 is 18.0 Å². The van der Waals surface area contributed by atoms with E-state index in [4.69, 9.17) is 0 Å². The number of halogens is 3. The number of amides is 1. The van der Waals surface area contributed by atoms with Crippen LogP contribution in [0, 0.1) is 0 Å². The molecule has 0 unspecified atom stereocenters. The molecule has 1 aromatic heterocycles.